The van der Waals surface area contributed by atoms with E-state index in [2.05, 4.69) is 12.2 Å². The maximum absolute atomic E-state index is 6.16. The zero-order chi connectivity index (χ0) is 14.3. The van der Waals surface area contributed by atoms with Crippen LogP contribution in [0.15, 0.2) is 0 Å². The first-order valence-electron chi connectivity index (χ1n) is 9.32. The highest BCUT2D eigenvalue weighted by Crippen LogP contribution is 2.48. The lowest BCUT2D eigenvalue weighted by atomic mass is 9.67. The van der Waals surface area contributed by atoms with Gasteiger partial charge in [0.2, 0.25) is 0 Å². The third-order valence-electron chi connectivity index (χ3n) is 6.55. The van der Waals surface area contributed by atoms with Gasteiger partial charge in [-0.1, -0.05) is 6.92 Å². The fraction of sp³-hybridized carbons (Fsp3) is 1.00. The Kier molecular flexibility index (Phi) is 4.01. The number of hydrogen-bond acceptors (Lipinski definition) is 3. The molecule has 5 unspecified atom stereocenters. The van der Waals surface area contributed by atoms with Crippen molar-refractivity contribution in [2.75, 3.05) is 13.2 Å². The molecule has 4 fully saturated rings. The first-order chi connectivity index (χ1) is 10.3. The van der Waals surface area contributed by atoms with Crippen LogP contribution < -0.4 is 5.32 Å². The summed E-state index contributed by atoms with van der Waals surface area (Å²) in [5.41, 5.74) is 0.271. The largest absolute Gasteiger partial charge is 0.375 e. The minimum Gasteiger partial charge on any atom is -0.375 e. The highest BCUT2D eigenvalue weighted by molar-refractivity contribution is 5.02. The van der Waals surface area contributed by atoms with Crippen molar-refractivity contribution >= 4 is 0 Å². The highest BCUT2D eigenvalue weighted by Gasteiger charge is 2.50. The SMILES string of the molecule is CCCNC(C1CCOC2(CCC2)C1)C1CC2CCC1O2. The molecule has 0 aromatic carbocycles. The van der Waals surface area contributed by atoms with Crippen LogP contribution in [-0.4, -0.2) is 37.0 Å². The third kappa shape index (κ3) is 2.66. The third-order valence-corrected chi connectivity index (χ3v) is 6.55. The lowest BCUT2D eigenvalue weighted by Crippen LogP contribution is -2.53. The molecule has 1 N–H and O–H groups in total. The summed E-state index contributed by atoms with van der Waals surface area (Å²) in [6, 6.07) is 0.668. The first kappa shape index (κ1) is 14.5. The Balaban J connectivity index is 1.46. The Morgan fingerprint density at radius 3 is 2.76 bits per heavy atom. The summed E-state index contributed by atoms with van der Waals surface area (Å²) in [6.45, 7) is 4.41. The minimum absolute atomic E-state index is 0.271. The van der Waals surface area contributed by atoms with Gasteiger partial charge in [-0.2, -0.15) is 0 Å². The first-order valence-corrected chi connectivity index (χ1v) is 9.32. The van der Waals surface area contributed by atoms with Crippen LogP contribution >= 0.6 is 0 Å². The summed E-state index contributed by atoms with van der Waals surface area (Å²) in [7, 11) is 0. The minimum atomic E-state index is 0.271. The van der Waals surface area contributed by atoms with Crippen LogP contribution in [0.3, 0.4) is 0 Å². The van der Waals surface area contributed by atoms with Crippen LogP contribution in [0.5, 0.6) is 0 Å². The molecule has 120 valence electrons. The van der Waals surface area contributed by atoms with Crippen molar-refractivity contribution in [3.8, 4) is 0 Å². The Bertz CT molecular complexity index is 368. The maximum atomic E-state index is 6.16. The van der Waals surface area contributed by atoms with Crippen LogP contribution in [-0.2, 0) is 9.47 Å². The molecule has 4 aliphatic rings. The van der Waals surface area contributed by atoms with Crippen LogP contribution in [0.4, 0.5) is 0 Å². The van der Waals surface area contributed by atoms with E-state index in [0.29, 0.717) is 18.2 Å². The smallest absolute Gasteiger partial charge is 0.0685 e. The van der Waals surface area contributed by atoms with Crippen LogP contribution in [0, 0.1) is 11.8 Å². The molecule has 1 saturated carbocycles. The van der Waals surface area contributed by atoms with Crippen molar-refractivity contribution in [3.05, 3.63) is 0 Å². The number of fused-ring (bicyclic) bond motifs is 2. The van der Waals surface area contributed by atoms with E-state index in [9.17, 15) is 0 Å². The summed E-state index contributed by atoms with van der Waals surface area (Å²) >= 11 is 0. The van der Waals surface area contributed by atoms with Crippen molar-refractivity contribution in [2.45, 2.75) is 88.6 Å². The lowest BCUT2D eigenvalue weighted by Gasteiger charge is -2.50. The van der Waals surface area contributed by atoms with Gasteiger partial charge in [0.15, 0.2) is 0 Å². The molecule has 3 heterocycles. The van der Waals surface area contributed by atoms with Crippen LogP contribution in [0.25, 0.3) is 0 Å². The molecule has 21 heavy (non-hydrogen) atoms. The van der Waals surface area contributed by atoms with Gasteiger partial charge in [0.1, 0.15) is 0 Å². The quantitative estimate of drug-likeness (QED) is 0.844. The van der Waals surface area contributed by atoms with E-state index in [-0.39, 0.29) is 5.60 Å². The number of ether oxygens (including phenoxy) is 2. The molecule has 3 aliphatic heterocycles. The van der Waals surface area contributed by atoms with E-state index >= 15 is 0 Å². The topological polar surface area (TPSA) is 30.5 Å². The molecule has 3 saturated heterocycles. The average molecular weight is 293 g/mol. The van der Waals surface area contributed by atoms with Crippen molar-refractivity contribution in [1.82, 2.24) is 5.32 Å². The van der Waals surface area contributed by atoms with Crippen molar-refractivity contribution in [1.29, 1.82) is 0 Å². The van der Waals surface area contributed by atoms with Crippen molar-refractivity contribution < 1.29 is 9.47 Å². The van der Waals surface area contributed by atoms with E-state index in [1.807, 2.05) is 0 Å². The van der Waals surface area contributed by atoms with E-state index < -0.39 is 0 Å². The summed E-state index contributed by atoms with van der Waals surface area (Å²) in [5, 5.41) is 3.92. The van der Waals surface area contributed by atoms with Gasteiger partial charge >= 0.3 is 0 Å². The van der Waals surface area contributed by atoms with E-state index in [4.69, 9.17) is 9.47 Å². The number of nitrogens with one attached hydrogen (secondary N) is 1. The monoisotopic (exact) mass is 293 g/mol. The molecule has 0 radical (unpaired) electrons. The van der Waals surface area contributed by atoms with Gasteiger partial charge in [-0.3, -0.25) is 0 Å². The Morgan fingerprint density at radius 2 is 2.14 bits per heavy atom. The summed E-state index contributed by atoms with van der Waals surface area (Å²) in [4.78, 5) is 0. The molecule has 0 aromatic rings. The summed E-state index contributed by atoms with van der Waals surface area (Å²) in [6.07, 6.45) is 12.8. The lowest BCUT2D eigenvalue weighted by molar-refractivity contribution is -0.150. The van der Waals surface area contributed by atoms with E-state index in [1.165, 1.54) is 57.8 Å². The molecule has 1 spiro atoms. The molecule has 0 aromatic heterocycles. The predicted octanol–water partition coefficient (Wildman–Crippen LogP) is 3.27. The molecule has 3 heteroatoms. The number of hydrogen-bond donors (Lipinski definition) is 1. The molecule has 5 atom stereocenters. The normalized spacial score (nSPS) is 42.1. The van der Waals surface area contributed by atoms with Gasteiger partial charge in [-0.25, -0.2) is 0 Å². The second-order valence-corrected chi connectivity index (χ2v) is 7.89. The molecule has 0 amide bonds. The van der Waals surface area contributed by atoms with Crippen LogP contribution in [0.1, 0.15) is 64.7 Å². The van der Waals surface area contributed by atoms with Gasteiger partial charge < -0.3 is 14.8 Å². The molecule has 4 rings (SSSR count). The Hall–Kier alpha value is -0.120. The molecule has 1 aliphatic carbocycles. The van der Waals surface area contributed by atoms with Gasteiger partial charge in [0.25, 0.3) is 0 Å². The van der Waals surface area contributed by atoms with E-state index in [1.54, 1.807) is 0 Å². The van der Waals surface area contributed by atoms with Gasteiger partial charge in [-0.15, -0.1) is 0 Å². The maximum Gasteiger partial charge on any atom is 0.0685 e. The summed E-state index contributed by atoms with van der Waals surface area (Å²) < 4.78 is 12.3. The fourth-order valence-electron chi connectivity index (χ4n) is 5.33. The summed E-state index contributed by atoms with van der Waals surface area (Å²) in [5.74, 6) is 1.56. The molecular weight excluding hydrogens is 262 g/mol. The number of rotatable bonds is 5. The zero-order valence-electron chi connectivity index (χ0n) is 13.5. The molecule has 3 nitrogen and oxygen atoms in total. The van der Waals surface area contributed by atoms with Crippen molar-refractivity contribution in [3.63, 3.8) is 0 Å². The van der Waals surface area contributed by atoms with Crippen molar-refractivity contribution in [2.24, 2.45) is 11.8 Å². The standard InChI is InChI=1S/C18H31NO2/c1-2-9-19-17(15-11-14-4-5-16(15)21-14)13-6-10-20-18(12-13)7-3-8-18/h13-17,19H,2-12H2,1H3. The highest BCUT2D eigenvalue weighted by atomic mass is 16.5. The second kappa shape index (κ2) is 5.82. The molecule has 2 bridgehead atoms. The Morgan fingerprint density at radius 1 is 1.24 bits per heavy atom. The van der Waals surface area contributed by atoms with Gasteiger partial charge in [0.05, 0.1) is 17.8 Å². The van der Waals surface area contributed by atoms with Gasteiger partial charge in [-0.05, 0) is 70.3 Å². The van der Waals surface area contributed by atoms with Crippen LogP contribution in [0.2, 0.25) is 0 Å². The van der Waals surface area contributed by atoms with E-state index in [0.717, 1.165) is 25.0 Å². The average Bonchev–Trinajstić information content (AvgIpc) is 3.09. The Labute approximate surface area is 129 Å². The predicted molar refractivity (Wildman–Crippen MR) is 83.3 cm³/mol. The second-order valence-electron chi connectivity index (χ2n) is 7.89. The zero-order valence-corrected chi connectivity index (χ0v) is 13.5. The fourth-order valence-corrected chi connectivity index (χ4v) is 5.33. The van der Waals surface area contributed by atoms with Gasteiger partial charge in [0, 0.05) is 18.6 Å². The molecular formula is C18H31NO2.